The van der Waals surface area contributed by atoms with Crippen molar-refractivity contribution >= 4 is 27.4 Å². The van der Waals surface area contributed by atoms with Crippen LogP contribution in [0.1, 0.15) is 117 Å². The van der Waals surface area contributed by atoms with E-state index >= 15 is 0 Å². The zero-order chi connectivity index (χ0) is 24.8. The van der Waals surface area contributed by atoms with Gasteiger partial charge in [0, 0.05) is 0 Å². The Morgan fingerprint density at radius 2 is 1.24 bits per heavy atom. The van der Waals surface area contributed by atoms with Gasteiger partial charge in [0.15, 0.2) is 0 Å². The molecule has 34 heavy (non-hydrogen) atoms. The quantitative estimate of drug-likeness (QED) is 0.169. The summed E-state index contributed by atoms with van der Waals surface area (Å²) in [5.41, 5.74) is 1.40. The van der Waals surface area contributed by atoms with Crippen molar-refractivity contribution < 1.29 is 17.8 Å². The van der Waals surface area contributed by atoms with Crippen LogP contribution < -0.4 is 5.01 Å². The number of unbranched alkanes of at least 4 members (excludes halogenated alkanes) is 14. The number of carbonyl (C=O) groups is 1. The third-order valence-electron chi connectivity index (χ3n) is 6.72. The number of benzene rings is 1. The van der Waals surface area contributed by atoms with Gasteiger partial charge >= 0.3 is 0 Å². The van der Waals surface area contributed by atoms with Gasteiger partial charge in [-0.15, -0.1) is 0 Å². The van der Waals surface area contributed by atoms with Crippen LogP contribution in [0.4, 0.5) is 5.69 Å². The normalized spacial score (nSPS) is 16.3. The molecule has 7 heteroatoms. The van der Waals surface area contributed by atoms with Crippen LogP contribution in [0.3, 0.4) is 0 Å². The molecule has 0 saturated carbocycles. The number of nitrogens with zero attached hydrogens (tertiary/aromatic N) is 2. The predicted octanol–water partition coefficient (Wildman–Crippen LogP) is 7.53. The second kappa shape index (κ2) is 15.3. The molecule has 0 aromatic heterocycles. The molecule has 0 aliphatic carbocycles. The third kappa shape index (κ3) is 9.87. The highest BCUT2D eigenvalue weighted by molar-refractivity contribution is 7.85. The zero-order valence-electron chi connectivity index (χ0n) is 21.2. The van der Waals surface area contributed by atoms with Gasteiger partial charge in [0.2, 0.25) is 0 Å². The Morgan fingerprint density at radius 1 is 0.794 bits per heavy atom. The molecule has 1 aliphatic heterocycles. The van der Waals surface area contributed by atoms with Gasteiger partial charge in [-0.2, -0.15) is 13.5 Å². The van der Waals surface area contributed by atoms with Gasteiger partial charge < -0.3 is 0 Å². The minimum Gasteiger partial charge on any atom is -0.282 e. The molecule has 1 atom stereocenters. The molecule has 1 aromatic carbocycles. The van der Waals surface area contributed by atoms with E-state index in [-0.39, 0.29) is 16.7 Å². The maximum atomic E-state index is 12.6. The molecule has 0 bridgehead atoms. The highest BCUT2D eigenvalue weighted by Crippen LogP contribution is 2.27. The molecule has 192 valence electrons. The average molecular weight is 493 g/mol. The fourth-order valence-electron chi connectivity index (χ4n) is 4.48. The van der Waals surface area contributed by atoms with Gasteiger partial charge in [0.1, 0.15) is 0 Å². The fraction of sp³-hybridized carbons (Fsp3) is 0.704. The van der Waals surface area contributed by atoms with E-state index in [1.54, 1.807) is 0 Å². The maximum absolute atomic E-state index is 12.6. The molecule has 0 unspecified atom stereocenters. The first-order valence-electron chi connectivity index (χ1n) is 13.3. The number of amides is 1. The summed E-state index contributed by atoms with van der Waals surface area (Å²) in [6.45, 7) is 4.14. The van der Waals surface area contributed by atoms with Crippen LogP contribution in [0.5, 0.6) is 0 Å². The Morgan fingerprint density at radius 3 is 1.68 bits per heavy atom. The van der Waals surface area contributed by atoms with Gasteiger partial charge in [-0.25, -0.2) is 5.01 Å². The van der Waals surface area contributed by atoms with Crippen LogP contribution >= 0.6 is 0 Å². The van der Waals surface area contributed by atoms with Crippen molar-refractivity contribution in [2.75, 3.05) is 5.01 Å². The molecule has 0 fully saturated rings. The number of carbonyl (C=O) groups excluding carboxylic acids is 1. The van der Waals surface area contributed by atoms with E-state index in [1.807, 2.05) is 6.92 Å². The lowest BCUT2D eigenvalue weighted by atomic mass is 9.99. The number of hydrogen-bond donors (Lipinski definition) is 1. The van der Waals surface area contributed by atoms with E-state index in [9.17, 15) is 13.2 Å². The smallest absolute Gasteiger partial charge is 0.282 e. The first kappa shape index (κ1) is 28.5. The summed E-state index contributed by atoms with van der Waals surface area (Å²) < 4.78 is 31.5. The standard InChI is InChI=1S/C27H44N2O4S/c1-3-4-5-6-7-8-9-10-11-12-13-14-15-16-17-18-26-23(2)27(30)29(28-26)24-19-21-25(22-20-24)34(31,32)33/h19-23H,3-18H2,1-2H3,(H,31,32,33)/t23-/m0/s1. The average Bonchev–Trinajstić information content (AvgIpc) is 3.09. The van der Waals surface area contributed by atoms with Crippen molar-refractivity contribution in [3.63, 3.8) is 0 Å². The Labute approximate surface area is 207 Å². The summed E-state index contributed by atoms with van der Waals surface area (Å²) in [5, 5.41) is 5.85. The van der Waals surface area contributed by atoms with E-state index < -0.39 is 10.1 Å². The Balaban J connectivity index is 1.56. The molecule has 1 heterocycles. The molecule has 0 spiro atoms. The van der Waals surface area contributed by atoms with Crippen molar-refractivity contribution in [2.24, 2.45) is 11.0 Å². The summed E-state index contributed by atoms with van der Waals surface area (Å²) in [5.74, 6) is -0.358. The van der Waals surface area contributed by atoms with Crippen LogP contribution in [-0.4, -0.2) is 24.6 Å². The van der Waals surface area contributed by atoms with Crippen molar-refractivity contribution in [3.05, 3.63) is 24.3 Å². The van der Waals surface area contributed by atoms with Crippen LogP contribution in [0.2, 0.25) is 0 Å². The van der Waals surface area contributed by atoms with Crippen LogP contribution in [0.15, 0.2) is 34.3 Å². The number of anilines is 1. The maximum Gasteiger partial charge on any atom is 0.294 e. The summed E-state index contributed by atoms with van der Waals surface area (Å²) >= 11 is 0. The van der Waals surface area contributed by atoms with E-state index in [4.69, 9.17) is 4.55 Å². The highest BCUT2D eigenvalue weighted by Gasteiger charge is 2.32. The van der Waals surface area contributed by atoms with Crippen molar-refractivity contribution in [3.8, 4) is 0 Å². The first-order valence-corrected chi connectivity index (χ1v) is 14.8. The van der Waals surface area contributed by atoms with Gasteiger partial charge in [-0.3, -0.25) is 9.35 Å². The van der Waals surface area contributed by atoms with Gasteiger partial charge in [-0.05, 0) is 44.0 Å². The van der Waals surface area contributed by atoms with E-state index in [1.165, 1.54) is 113 Å². The van der Waals surface area contributed by atoms with E-state index in [2.05, 4.69) is 12.0 Å². The minimum atomic E-state index is -4.25. The lowest BCUT2D eigenvalue weighted by molar-refractivity contribution is -0.119. The monoisotopic (exact) mass is 492 g/mol. The van der Waals surface area contributed by atoms with E-state index in [0.717, 1.165) is 25.0 Å². The molecule has 1 amide bonds. The lowest BCUT2D eigenvalue weighted by Gasteiger charge is -2.12. The third-order valence-corrected chi connectivity index (χ3v) is 7.59. The SMILES string of the molecule is CCCCCCCCCCCCCCCCCC1=NN(c2ccc(S(=O)(=O)O)cc2)C(=O)[C@H]1C. The number of hydrazone groups is 1. The second-order valence-corrected chi connectivity index (χ2v) is 11.1. The molecule has 1 aromatic rings. The molecular formula is C27H44N2O4S. The highest BCUT2D eigenvalue weighted by atomic mass is 32.2. The molecule has 0 saturated heterocycles. The van der Waals surface area contributed by atoms with Crippen molar-refractivity contribution in [1.29, 1.82) is 0 Å². The summed E-state index contributed by atoms with van der Waals surface area (Å²) in [6, 6.07) is 5.55. The molecule has 1 N–H and O–H groups in total. The second-order valence-electron chi connectivity index (χ2n) is 9.63. The van der Waals surface area contributed by atoms with Crippen LogP contribution in [0, 0.1) is 5.92 Å². The van der Waals surface area contributed by atoms with Crippen LogP contribution in [-0.2, 0) is 14.9 Å². The van der Waals surface area contributed by atoms with Gasteiger partial charge in [0.25, 0.3) is 16.0 Å². The minimum absolute atomic E-state index is 0.101. The Kier molecular flexibility index (Phi) is 12.8. The first-order chi connectivity index (χ1) is 16.3. The number of hydrogen-bond acceptors (Lipinski definition) is 4. The fourth-order valence-corrected chi connectivity index (χ4v) is 4.96. The molecular weight excluding hydrogens is 448 g/mol. The lowest BCUT2D eigenvalue weighted by Crippen LogP contribution is -2.25. The van der Waals surface area contributed by atoms with Crippen LogP contribution in [0.25, 0.3) is 0 Å². The summed E-state index contributed by atoms with van der Waals surface area (Å²) in [4.78, 5) is 12.4. The molecule has 6 nitrogen and oxygen atoms in total. The van der Waals surface area contributed by atoms with Gasteiger partial charge in [0.05, 0.1) is 22.2 Å². The zero-order valence-corrected chi connectivity index (χ0v) is 22.0. The number of rotatable bonds is 18. The largest absolute Gasteiger partial charge is 0.294 e. The predicted molar refractivity (Wildman–Crippen MR) is 140 cm³/mol. The molecule has 1 aliphatic rings. The summed E-state index contributed by atoms with van der Waals surface area (Å²) in [7, 11) is -4.25. The molecule has 0 radical (unpaired) electrons. The Bertz CT molecular complexity index is 865. The summed E-state index contributed by atoms with van der Waals surface area (Å²) in [6.07, 6.45) is 20.7. The molecule has 2 rings (SSSR count). The van der Waals surface area contributed by atoms with Crippen molar-refractivity contribution in [1.82, 2.24) is 0 Å². The van der Waals surface area contributed by atoms with E-state index in [0.29, 0.717) is 5.69 Å². The van der Waals surface area contributed by atoms with Crippen molar-refractivity contribution in [2.45, 2.75) is 121 Å². The topological polar surface area (TPSA) is 87.0 Å². The van der Waals surface area contributed by atoms with Gasteiger partial charge in [-0.1, -0.05) is 96.8 Å². The Hall–Kier alpha value is -1.73.